The number of hydrogen-bond donors (Lipinski definition) is 1. The Hall–Kier alpha value is -2.55. The molecule has 0 saturated heterocycles. The van der Waals surface area contributed by atoms with Gasteiger partial charge in [-0.2, -0.15) is 18.2 Å². The van der Waals surface area contributed by atoms with Crippen LogP contribution < -0.4 is 9.84 Å². The number of methoxy groups -OCH3 is 1. The summed E-state index contributed by atoms with van der Waals surface area (Å²) in [5, 5.41) is 21.6. The van der Waals surface area contributed by atoms with Gasteiger partial charge in [-0.25, -0.2) is 12.1 Å². The van der Waals surface area contributed by atoms with E-state index in [4.69, 9.17) is 4.74 Å². The molecule has 1 aliphatic carbocycles. The average Bonchev–Trinajstić information content (AvgIpc) is 3.29. The summed E-state index contributed by atoms with van der Waals surface area (Å²) < 4.78 is 5.02. The molecular formula is C20H18FeO3. The van der Waals surface area contributed by atoms with Gasteiger partial charge in [0.1, 0.15) is 11.5 Å². The van der Waals surface area contributed by atoms with Gasteiger partial charge in [0.2, 0.25) is 0 Å². The van der Waals surface area contributed by atoms with Crippen LogP contribution in [0.3, 0.4) is 0 Å². The molecule has 4 heteroatoms. The second-order valence-electron chi connectivity index (χ2n) is 4.76. The summed E-state index contributed by atoms with van der Waals surface area (Å²) in [4.78, 5) is 0. The molecule has 0 spiro atoms. The molecule has 0 bridgehead atoms. The normalized spacial score (nSPS) is 12.2. The van der Waals surface area contributed by atoms with Gasteiger partial charge in [0.05, 0.1) is 7.11 Å². The Balaban J connectivity index is 0.000000412. The van der Waals surface area contributed by atoms with E-state index in [9.17, 15) is 10.2 Å². The number of phenols is 1. The zero-order valence-electron chi connectivity index (χ0n) is 13.2. The average molecular weight is 362 g/mol. The van der Waals surface area contributed by atoms with Crippen molar-refractivity contribution in [1.82, 2.24) is 0 Å². The Kier molecular flexibility index (Phi) is 8.34. The predicted molar refractivity (Wildman–Crippen MR) is 91.0 cm³/mol. The van der Waals surface area contributed by atoms with Crippen LogP contribution in [0.4, 0.5) is 0 Å². The van der Waals surface area contributed by atoms with Crippen molar-refractivity contribution in [2.75, 3.05) is 7.11 Å². The van der Waals surface area contributed by atoms with Crippen molar-refractivity contribution in [1.29, 1.82) is 0 Å². The first kappa shape index (κ1) is 19.5. The van der Waals surface area contributed by atoms with Crippen molar-refractivity contribution in [2.24, 2.45) is 0 Å². The van der Waals surface area contributed by atoms with Crippen LogP contribution >= 0.6 is 0 Å². The number of benzene rings is 1. The predicted octanol–water partition coefficient (Wildman–Crippen LogP) is 3.56. The summed E-state index contributed by atoms with van der Waals surface area (Å²) in [6.07, 6.45) is 10.7. The van der Waals surface area contributed by atoms with Gasteiger partial charge in [-0.15, -0.1) is 0 Å². The van der Waals surface area contributed by atoms with E-state index in [0.29, 0.717) is 5.75 Å². The molecule has 3 nitrogen and oxygen atoms in total. The molecule has 1 aliphatic rings. The zero-order valence-corrected chi connectivity index (χ0v) is 14.3. The Morgan fingerprint density at radius 3 is 2.38 bits per heavy atom. The zero-order chi connectivity index (χ0) is 16.5. The molecule has 24 heavy (non-hydrogen) atoms. The molecule has 0 aromatic heterocycles. The van der Waals surface area contributed by atoms with Crippen molar-refractivity contribution in [3.63, 3.8) is 0 Å². The number of aromatic hydroxyl groups is 1. The Morgan fingerprint density at radius 2 is 1.83 bits per heavy atom. The molecule has 3 rings (SSSR count). The van der Waals surface area contributed by atoms with Crippen molar-refractivity contribution in [3.05, 3.63) is 96.1 Å². The molecule has 1 N–H and O–H groups in total. The van der Waals surface area contributed by atoms with Gasteiger partial charge in [0, 0.05) is 5.56 Å². The second kappa shape index (κ2) is 10.3. The van der Waals surface area contributed by atoms with E-state index in [1.54, 1.807) is 12.1 Å². The van der Waals surface area contributed by atoms with Crippen LogP contribution in [0.2, 0.25) is 0 Å². The molecule has 0 radical (unpaired) electrons. The standard InChI is InChI=1S/C15H14O3.C5H5.Fe/c1-18-12-7-9-15(17)13(10-12)14(16)8-6-11-4-2-3-5-11;1-2-4-5-3-1;/h2-10,16-17H,1H3;1-5H;/q;-1;+2/p-1/b14-8-;;. The third kappa shape index (κ3) is 5.92. The molecule has 0 aliphatic heterocycles. The van der Waals surface area contributed by atoms with Gasteiger partial charge in [0.15, 0.2) is 0 Å². The van der Waals surface area contributed by atoms with Gasteiger partial charge in [-0.1, -0.05) is 42.2 Å². The summed E-state index contributed by atoms with van der Waals surface area (Å²) in [6, 6.07) is 14.6. The molecule has 0 atom stereocenters. The summed E-state index contributed by atoms with van der Waals surface area (Å²) in [7, 11) is 1.51. The van der Waals surface area contributed by atoms with Gasteiger partial charge >= 0.3 is 17.1 Å². The number of phenolic OH excluding ortho intramolecular Hbond substituents is 1. The van der Waals surface area contributed by atoms with Crippen molar-refractivity contribution >= 4 is 5.76 Å². The first-order chi connectivity index (χ1) is 11.2. The van der Waals surface area contributed by atoms with Crippen LogP contribution in [0, 0.1) is 0 Å². The van der Waals surface area contributed by atoms with Crippen LogP contribution in [-0.2, 0) is 17.1 Å². The molecule has 2 aromatic carbocycles. The molecule has 2 aromatic rings. The van der Waals surface area contributed by atoms with Crippen molar-refractivity contribution in [3.8, 4) is 11.5 Å². The van der Waals surface area contributed by atoms with Crippen LogP contribution in [0.25, 0.3) is 5.76 Å². The largest absolute Gasteiger partial charge is 2.00 e. The van der Waals surface area contributed by atoms with E-state index in [1.807, 2.05) is 54.6 Å². The Bertz CT molecular complexity index is 707. The Morgan fingerprint density at radius 1 is 1.17 bits per heavy atom. The van der Waals surface area contributed by atoms with Gasteiger partial charge in [-0.3, -0.25) is 0 Å². The molecule has 0 unspecified atom stereocenters. The van der Waals surface area contributed by atoms with E-state index < -0.39 is 0 Å². The van der Waals surface area contributed by atoms with Gasteiger partial charge in [0.25, 0.3) is 0 Å². The molecule has 0 saturated carbocycles. The van der Waals surface area contributed by atoms with Crippen LogP contribution in [-0.4, -0.2) is 12.2 Å². The summed E-state index contributed by atoms with van der Waals surface area (Å²) in [5.41, 5.74) is 1.18. The van der Waals surface area contributed by atoms with Crippen LogP contribution in [0.15, 0.2) is 90.6 Å². The molecule has 0 fully saturated rings. The number of allylic oxidation sites excluding steroid dienone is 7. The number of ether oxygens (including phenoxy) is 1. The molecule has 124 valence electrons. The molecule has 0 heterocycles. The fraction of sp³-hybridized carbons (Fsp3) is 0.0500. The molecular weight excluding hydrogens is 344 g/mol. The minimum absolute atomic E-state index is 0. The fourth-order valence-corrected chi connectivity index (χ4v) is 1.92. The first-order valence-electron chi connectivity index (χ1n) is 7.18. The van der Waals surface area contributed by atoms with E-state index in [2.05, 4.69) is 0 Å². The van der Waals surface area contributed by atoms with Crippen LogP contribution in [0.1, 0.15) is 5.56 Å². The minimum atomic E-state index is -0.257. The fourth-order valence-electron chi connectivity index (χ4n) is 1.92. The first-order valence-corrected chi connectivity index (χ1v) is 7.18. The smallest absolute Gasteiger partial charge is 0.872 e. The van der Waals surface area contributed by atoms with Gasteiger partial charge in [-0.05, 0) is 23.8 Å². The van der Waals surface area contributed by atoms with Crippen molar-refractivity contribution in [2.45, 2.75) is 0 Å². The minimum Gasteiger partial charge on any atom is -0.872 e. The number of rotatable bonds is 3. The third-order valence-corrected chi connectivity index (χ3v) is 3.14. The summed E-state index contributed by atoms with van der Waals surface area (Å²) in [6.45, 7) is 0. The molecule has 0 amide bonds. The topological polar surface area (TPSA) is 52.5 Å². The maximum Gasteiger partial charge on any atom is 2.00 e. The summed E-state index contributed by atoms with van der Waals surface area (Å²) in [5.74, 6) is 0.235. The van der Waals surface area contributed by atoms with Crippen molar-refractivity contribution < 1.29 is 32.0 Å². The maximum atomic E-state index is 11.9. The SMILES string of the molecule is COc1ccc(O)c(/C([O-])=C/C=C2C=CC=C2)c1.[Fe+2].c1cc[cH-]c1. The van der Waals surface area contributed by atoms with E-state index in [1.165, 1.54) is 25.3 Å². The van der Waals surface area contributed by atoms with E-state index in [-0.39, 0.29) is 34.1 Å². The summed E-state index contributed by atoms with van der Waals surface area (Å²) >= 11 is 0. The van der Waals surface area contributed by atoms with E-state index in [0.717, 1.165) is 5.57 Å². The third-order valence-electron chi connectivity index (χ3n) is 3.14. The number of hydrogen-bond acceptors (Lipinski definition) is 3. The Labute approximate surface area is 152 Å². The van der Waals surface area contributed by atoms with Crippen LogP contribution in [0.5, 0.6) is 11.5 Å². The van der Waals surface area contributed by atoms with E-state index >= 15 is 0 Å². The van der Waals surface area contributed by atoms with Gasteiger partial charge < -0.3 is 14.9 Å². The quantitative estimate of drug-likeness (QED) is 0.516. The second-order valence-corrected chi connectivity index (χ2v) is 4.76. The monoisotopic (exact) mass is 362 g/mol. The maximum absolute atomic E-state index is 11.9.